The van der Waals surface area contributed by atoms with Crippen LogP contribution in [0.2, 0.25) is 0 Å². The summed E-state index contributed by atoms with van der Waals surface area (Å²) in [5.74, 6) is -0.470. The van der Waals surface area contributed by atoms with Crippen LogP contribution in [0.5, 0.6) is 0 Å². The zero-order valence-electron chi connectivity index (χ0n) is 12.0. The van der Waals surface area contributed by atoms with E-state index < -0.39 is 12.0 Å². The fourth-order valence-electron chi connectivity index (χ4n) is 1.89. The second-order valence-corrected chi connectivity index (χ2v) is 5.23. The summed E-state index contributed by atoms with van der Waals surface area (Å²) in [6, 6.07) is 14.1. The molecule has 0 spiro atoms. The highest BCUT2D eigenvalue weighted by molar-refractivity contribution is 7.80. The molecule has 6 heteroatoms. The molecule has 1 unspecified atom stereocenters. The quantitative estimate of drug-likeness (QED) is 0.652. The molecule has 0 saturated carbocycles. The van der Waals surface area contributed by atoms with Gasteiger partial charge >= 0.3 is 0 Å². The first-order chi connectivity index (χ1) is 10.5. The Morgan fingerprint density at radius 3 is 2.36 bits per heavy atom. The Kier molecular flexibility index (Phi) is 5.08. The minimum atomic E-state index is -0.537. The van der Waals surface area contributed by atoms with Crippen molar-refractivity contribution in [2.45, 2.75) is 13.0 Å². The number of primary amides is 1. The van der Waals surface area contributed by atoms with Crippen LogP contribution >= 0.6 is 12.2 Å². The predicted molar refractivity (Wildman–Crippen MR) is 91.9 cm³/mol. The summed E-state index contributed by atoms with van der Waals surface area (Å²) >= 11 is 5.24. The Labute approximate surface area is 134 Å². The lowest BCUT2D eigenvalue weighted by Crippen LogP contribution is -2.19. The second kappa shape index (κ2) is 7.02. The van der Waals surface area contributed by atoms with Crippen molar-refractivity contribution in [2.24, 2.45) is 5.73 Å². The predicted octanol–water partition coefficient (Wildman–Crippen LogP) is 2.65. The molecule has 0 aromatic heterocycles. The van der Waals surface area contributed by atoms with Crippen LogP contribution in [0.25, 0.3) is 0 Å². The van der Waals surface area contributed by atoms with Gasteiger partial charge in [0.2, 0.25) is 5.91 Å². The van der Waals surface area contributed by atoms with Gasteiger partial charge in [-0.05, 0) is 61.1 Å². The maximum absolute atomic E-state index is 11.0. The molecule has 0 bridgehead atoms. The van der Waals surface area contributed by atoms with Crippen LogP contribution in [-0.2, 0) is 0 Å². The first kappa shape index (κ1) is 15.9. The molecule has 2 aromatic rings. The highest BCUT2D eigenvalue weighted by Gasteiger charge is 2.04. The van der Waals surface area contributed by atoms with Gasteiger partial charge in [-0.15, -0.1) is 0 Å². The van der Waals surface area contributed by atoms with Gasteiger partial charge in [0.25, 0.3) is 0 Å². The van der Waals surface area contributed by atoms with Crippen LogP contribution < -0.4 is 16.4 Å². The Balaban J connectivity index is 2.00. The van der Waals surface area contributed by atoms with E-state index in [-0.39, 0.29) is 0 Å². The Morgan fingerprint density at radius 1 is 1.14 bits per heavy atom. The lowest BCUT2D eigenvalue weighted by molar-refractivity contribution is 0.100. The van der Waals surface area contributed by atoms with Crippen molar-refractivity contribution in [3.8, 4) is 0 Å². The van der Waals surface area contributed by atoms with Crippen molar-refractivity contribution in [1.82, 2.24) is 0 Å². The first-order valence-corrected chi connectivity index (χ1v) is 7.12. The van der Waals surface area contributed by atoms with Crippen molar-refractivity contribution >= 4 is 34.6 Å². The van der Waals surface area contributed by atoms with Crippen LogP contribution in [0.4, 0.5) is 11.4 Å². The molecule has 0 aliphatic carbocycles. The lowest BCUT2D eigenvalue weighted by Gasteiger charge is -2.12. The van der Waals surface area contributed by atoms with Crippen molar-refractivity contribution in [2.75, 3.05) is 10.6 Å². The molecule has 0 fully saturated rings. The molecule has 0 heterocycles. The standard InChI is InChI=1S/C16H17N3O2S/c1-10(20)12-3-2-4-14(9-12)19-16(22)18-13-7-5-11(6-8-13)15(17)21/h2-10,20H,1H3,(H2,17,21)(H2,18,19,22). The monoisotopic (exact) mass is 315 g/mol. The highest BCUT2D eigenvalue weighted by Crippen LogP contribution is 2.17. The van der Waals surface area contributed by atoms with Gasteiger partial charge in [-0.25, -0.2) is 0 Å². The van der Waals surface area contributed by atoms with Crippen LogP contribution in [0.15, 0.2) is 48.5 Å². The normalized spacial score (nSPS) is 11.5. The molecular weight excluding hydrogens is 298 g/mol. The third-order valence-electron chi connectivity index (χ3n) is 3.05. The molecule has 2 aromatic carbocycles. The number of thiocarbonyl (C=S) groups is 1. The van der Waals surface area contributed by atoms with Gasteiger partial charge in [0, 0.05) is 16.9 Å². The number of nitrogens with two attached hydrogens (primary N) is 1. The molecule has 0 radical (unpaired) electrons. The summed E-state index contributed by atoms with van der Waals surface area (Å²) in [6.07, 6.45) is -0.537. The number of hydrogen-bond donors (Lipinski definition) is 4. The Morgan fingerprint density at radius 2 is 1.77 bits per heavy atom. The summed E-state index contributed by atoms with van der Waals surface area (Å²) in [4.78, 5) is 11.0. The average molecular weight is 315 g/mol. The zero-order chi connectivity index (χ0) is 16.1. The molecule has 0 aliphatic rings. The summed E-state index contributed by atoms with van der Waals surface area (Å²) in [5.41, 5.74) is 7.96. The molecule has 5 nitrogen and oxygen atoms in total. The summed E-state index contributed by atoms with van der Waals surface area (Å²) in [6.45, 7) is 1.70. The number of nitrogens with one attached hydrogen (secondary N) is 2. The molecule has 1 atom stereocenters. The van der Waals surface area contributed by atoms with Gasteiger partial charge < -0.3 is 21.5 Å². The third kappa shape index (κ3) is 4.28. The van der Waals surface area contributed by atoms with Gasteiger partial charge in [0.15, 0.2) is 5.11 Å². The SMILES string of the molecule is CC(O)c1cccc(NC(=S)Nc2ccc(C(N)=O)cc2)c1. The lowest BCUT2D eigenvalue weighted by atomic mass is 10.1. The van der Waals surface area contributed by atoms with E-state index in [0.29, 0.717) is 10.7 Å². The average Bonchev–Trinajstić information content (AvgIpc) is 2.47. The first-order valence-electron chi connectivity index (χ1n) is 6.71. The van der Waals surface area contributed by atoms with E-state index in [9.17, 15) is 9.90 Å². The summed E-state index contributed by atoms with van der Waals surface area (Å²) < 4.78 is 0. The van der Waals surface area contributed by atoms with Gasteiger partial charge in [-0.1, -0.05) is 12.1 Å². The van der Waals surface area contributed by atoms with E-state index in [1.165, 1.54) is 0 Å². The maximum atomic E-state index is 11.0. The number of anilines is 2. The van der Waals surface area contributed by atoms with E-state index >= 15 is 0 Å². The van der Waals surface area contributed by atoms with E-state index in [0.717, 1.165) is 16.9 Å². The van der Waals surface area contributed by atoms with Crippen LogP contribution in [0, 0.1) is 0 Å². The number of aliphatic hydroxyl groups is 1. The topological polar surface area (TPSA) is 87.4 Å². The highest BCUT2D eigenvalue weighted by atomic mass is 32.1. The molecule has 0 saturated heterocycles. The molecule has 114 valence electrons. The van der Waals surface area contributed by atoms with Crippen molar-refractivity contribution in [3.05, 3.63) is 59.7 Å². The number of carbonyl (C=O) groups is 1. The molecule has 22 heavy (non-hydrogen) atoms. The Hall–Kier alpha value is -2.44. The summed E-state index contributed by atoms with van der Waals surface area (Å²) in [7, 11) is 0. The molecule has 0 aliphatic heterocycles. The van der Waals surface area contributed by atoms with Gasteiger partial charge in [0.05, 0.1) is 6.10 Å². The van der Waals surface area contributed by atoms with Gasteiger partial charge in [-0.3, -0.25) is 4.79 Å². The number of amides is 1. The van der Waals surface area contributed by atoms with Crippen molar-refractivity contribution in [1.29, 1.82) is 0 Å². The fraction of sp³-hybridized carbons (Fsp3) is 0.125. The number of rotatable bonds is 4. The minimum Gasteiger partial charge on any atom is -0.389 e. The van der Waals surface area contributed by atoms with Gasteiger partial charge in [0.1, 0.15) is 0 Å². The number of aliphatic hydroxyl groups excluding tert-OH is 1. The largest absolute Gasteiger partial charge is 0.389 e. The zero-order valence-corrected chi connectivity index (χ0v) is 12.9. The Bertz CT molecular complexity index is 684. The van der Waals surface area contributed by atoms with Crippen LogP contribution in [-0.4, -0.2) is 16.1 Å². The molecular formula is C16H17N3O2S. The van der Waals surface area contributed by atoms with E-state index in [4.69, 9.17) is 18.0 Å². The number of benzene rings is 2. The number of hydrogen-bond acceptors (Lipinski definition) is 3. The van der Waals surface area contributed by atoms with E-state index in [2.05, 4.69) is 10.6 Å². The van der Waals surface area contributed by atoms with Gasteiger partial charge in [-0.2, -0.15) is 0 Å². The summed E-state index contributed by atoms with van der Waals surface area (Å²) in [5, 5.41) is 16.0. The smallest absolute Gasteiger partial charge is 0.248 e. The van der Waals surface area contributed by atoms with E-state index in [1.54, 1.807) is 31.2 Å². The third-order valence-corrected chi connectivity index (χ3v) is 3.26. The molecule has 5 N–H and O–H groups in total. The van der Waals surface area contributed by atoms with E-state index in [1.807, 2.05) is 24.3 Å². The van der Waals surface area contributed by atoms with Crippen molar-refractivity contribution in [3.63, 3.8) is 0 Å². The van der Waals surface area contributed by atoms with Crippen molar-refractivity contribution < 1.29 is 9.90 Å². The molecule has 1 amide bonds. The second-order valence-electron chi connectivity index (χ2n) is 4.82. The minimum absolute atomic E-state index is 0.412. The maximum Gasteiger partial charge on any atom is 0.248 e. The van der Waals surface area contributed by atoms with Crippen LogP contribution in [0.3, 0.4) is 0 Å². The number of carbonyl (C=O) groups excluding carboxylic acids is 1. The van der Waals surface area contributed by atoms with Crippen LogP contribution in [0.1, 0.15) is 28.9 Å². The fourth-order valence-corrected chi connectivity index (χ4v) is 2.12. The molecule has 2 rings (SSSR count).